The van der Waals surface area contributed by atoms with Crippen molar-refractivity contribution in [2.45, 2.75) is 40.4 Å². The molecule has 0 amide bonds. The van der Waals surface area contributed by atoms with Gasteiger partial charge in [0.2, 0.25) is 0 Å². The van der Waals surface area contributed by atoms with E-state index < -0.39 is 25.0 Å². The first-order valence-electron chi connectivity index (χ1n) is 17.7. The maximum Gasteiger partial charge on any atom is 0.0366 e. The van der Waals surface area contributed by atoms with Gasteiger partial charge in [0.25, 0.3) is 0 Å². The van der Waals surface area contributed by atoms with Crippen LogP contribution in [0.2, 0.25) is 0 Å². The first kappa shape index (κ1) is 24.2. The molecule has 0 aliphatic carbocycles. The summed E-state index contributed by atoms with van der Waals surface area (Å²) >= 11 is 0. The van der Waals surface area contributed by atoms with Gasteiger partial charge in [0.05, 0.1) is 0 Å². The fourth-order valence-electron chi connectivity index (χ4n) is 4.45. The van der Waals surface area contributed by atoms with Crippen molar-refractivity contribution < 1.29 is 29.7 Å². The zero-order valence-corrected chi connectivity index (χ0v) is 27.3. The predicted molar refractivity (Wildman–Crippen MR) is 180 cm³/mol. The molecule has 3 heteroatoms. The van der Waals surface area contributed by atoms with Crippen LogP contribution in [0, 0.1) is 24.4 Å². The molecule has 2 heterocycles. The zero-order valence-electron chi connectivity index (χ0n) is 31.9. The second-order valence-corrected chi connectivity index (χ2v) is 11.0. The molecule has 0 aliphatic rings. The van der Waals surface area contributed by atoms with Crippen LogP contribution in [0.15, 0.2) is 134 Å². The van der Waals surface area contributed by atoms with Crippen LogP contribution >= 0.6 is 0 Å². The third-order valence-electron chi connectivity index (χ3n) is 6.41. The molecule has 0 unspecified atom stereocenters. The Morgan fingerprint density at radius 1 is 0.682 bits per heavy atom. The molecule has 2 aromatic heterocycles. The Kier molecular flexibility index (Phi) is 8.53. The molecule has 0 saturated carbocycles. The summed E-state index contributed by atoms with van der Waals surface area (Å²) in [6.45, 7) is 3.23. The van der Waals surface area contributed by atoms with Gasteiger partial charge in [-0.25, -0.2) is 0 Å². The Bertz CT molecular complexity index is 2030. The van der Waals surface area contributed by atoms with E-state index in [0.717, 1.165) is 22.4 Å². The van der Waals surface area contributed by atoms with Gasteiger partial charge in [-0.1, -0.05) is 99.1 Å². The number of hydrogen-bond donors (Lipinski definition) is 0. The predicted octanol–water partition coefficient (Wildman–Crippen LogP) is 10.2. The molecule has 6 aromatic rings. The maximum absolute atomic E-state index is 8.74. The average molecular weight is 758 g/mol. The van der Waals surface area contributed by atoms with Crippen molar-refractivity contribution in [3.8, 4) is 33.6 Å². The Morgan fingerprint density at radius 2 is 1.39 bits per heavy atom. The van der Waals surface area contributed by atoms with E-state index in [1.54, 1.807) is 48.7 Å². The smallest absolute Gasteiger partial charge is 0.0366 e. The number of pyridine rings is 2. The first-order valence-corrected chi connectivity index (χ1v) is 14.2. The topological polar surface area (TPSA) is 25.8 Å². The molecule has 223 valence electrons. The summed E-state index contributed by atoms with van der Waals surface area (Å²) < 4.78 is 57.8. The molecule has 0 aliphatic heterocycles. The van der Waals surface area contributed by atoms with Crippen molar-refractivity contribution in [3.63, 3.8) is 0 Å². The van der Waals surface area contributed by atoms with Crippen LogP contribution in [0.4, 0.5) is 0 Å². The Morgan fingerprint density at radius 3 is 2.09 bits per heavy atom. The van der Waals surface area contributed by atoms with Crippen molar-refractivity contribution in [1.29, 1.82) is 0 Å². The fourth-order valence-corrected chi connectivity index (χ4v) is 4.45. The van der Waals surface area contributed by atoms with Crippen LogP contribution in [0.25, 0.3) is 33.6 Å². The summed E-state index contributed by atoms with van der Waals surface area (Å²) in [5, 5.41) is 0. The number of nitrogens with zero attached hydrogens (tertiary/aromatic N) is 2. The molecule has 2 nitrogen and oxygen atoms in total. The summed E-state index contributed by atoms with van der Waals surface area (Å²) in [5.41, 5.74) is 5.37. The molecule has 6 rings (SSSR count). The fraction of sp³-hybridized carbons (Fsp3) is 0.171. The van der Waals surface area contributed by atoms with Gasteiger partial charge < -0.3 is 9.97 Å². The second kappa shape index (κ2) is 15.5. The van der Waals surface area contributed by atoms with Gasteiger partial charge in [0.1, 0.15) is 0 Å². The molecular formula is C41H38IrN2-2. The molecule has 0 fully saturated rings. The number of benzene rings is 4. The van der Waals surface area contributed by atoms with E-state index in [9.17, 15) is 0 Å². The third-order valence-corrected chi connectivity index (χ3v) is 6.41. The first-order chi connectivity index (χ1) is 23.6. The van der Waals surface area contributed by atoms with Crippen LogP contribution in [-0.4, -0.2) is 9.97 Å². The van der Waals surface area contributed by atoms with Crippen LogP contribution in [-0.2, 0) is 32.9 Å². The molecule has 0 atom stereocenters. The molecule has 0 saturated heterocycles. The molecule has 1 radical (unpaired) electrons. The van der Waals surface area contributed by atoms with Gasteiger partial charge in [-0.3, -0.25) is 0 Å². The van der Waals surface area contributed by atoms with Crippen LogP contribution < -0.4 is 0 Å². The number of hydrogen-bond acceptors (Lipinski definition) is 2. The quantitative estimate of drug-likeness (QED) is 0.158. The average Bonchev–Trinajstić information content (AvgIpc) is 3.12. The molecule has 44 heavy (non-hydrogen) atoms. The standard InChI is InChI=1S/C25H20N.C16H18N.Ir/c1-19-18-26-25(17-24(19)15-20-9-4-2-5-10-20)23-14-8-13-22(16-23)21-11-6-3-7-12-21;1-16(2,3)12-13-9-10-17-15(11-13)14-7-5-4-6-8-14;/h2-13,16-18H,15H2,1H3;4-7,9-11H,12H2,1-3H3;/q2*-1;/i1D3,15D2;12D2;. The van der Waals surface area contributed by atoms with Gasteiger partial charge in [-0.05, 0) is 64.7 Å². The van der Waals surface area contributed by atoms with Gasteiger partial charge >= 0.3 is 0 Å². The van der Waals surface area contributed by atoms with Crippen molar-refractivity contribution in [3.05, 3.63) is 168 Å². The van der Waals surface area contributed by atoms with Crippen molar-refractivity contribution in [2.24, 2.45) is 5.41 Å². The van der Waals surface area contributed by atoms with E-state index in [4.69, 9.17) is 9.60 Å². The van der Waals surface area contributed by atoms with Crippen molar-refractivity contribution >= 4 is 0 Å². The summed E-state index contributed by atoms with van der Waals surface area (Å²) in [4.78, 5) is 8.67. The summed E-state index contributed by atoms with van der Waals surface area (Å²) in [6, 6.07) is 43.1. The minimum Gasteiger partial charge on any atom is -0.305 e. The summed E-state index contributed by atoms with van der Waals surface area (Å²) in [6.07, 6.45) is -0.476. The van der Waals surface area contributed by atoms with E-state index in [0.29, 0.717) is 22.4 Å². The Balaban J connectivity index is 0.000000251. The maximum atomic E-state index is 8.74. The molecule has 0 spiro atoms. The minimum atomic E-state index is -2.49. The van der Waals surface area contributed by atoms with Gasteiger partial charge in [0, 0.05) is 42.1 Å². The van der Waals surface area contributed by atoms with Gasteiger partial charge in [0.15, 0.2) is 0 Å². The van der Waals surface area contributed by atoms with Crippen LogP contribution in [0.1, 0.15) is 52.6 Å². The van der Waals surface area contributed by atoms with Crippen LogP contribution in [0.3, 0.4) is 0 Å². The van der Waals surface area contributed by atoms with E-state index in [2.05, 4.69) is 22.1 Å². The van der Waals surface area contributed by atoms with Gasteiger partial charge in [-0.15, -0.1) is 71.3 Å². The molecule has 4 aromatic carbocycles. The van der Waals surface area contributed by atoms with E-state index in [1.165, 1.54) is 12.3 Å². The SMILES string of the molecule is [2H]C([2H])([2H])c1cnc(-c2[c-]ccc(-c3ccccc3)c2)cc1C([2H])([2H])c1ccccc1.[2H]C([2H])(c1ccnc(-c2[c-]cccc2)c1)C(C)(C)C.[Ir]. The third kappa shape index (κ3) is 9.41. The van der Waals surface area contributed by atoms with Crippen molar-refractivity contribution in [1.82, 2.24) is 9.97 Å². The summed E-state index contributed by atoms with van der Waals surface area (Å²) in [5.74, 6) is 0. The summed E-state index contributed by atoms with van der Waals surface area (Å²) in [7, 11) is 0. The zero-order chi connectivity index (χ0) is 36.2. The van der Waals surface area contributed by atoms with E-state index in [1.807, 2.05) is 93.6 Å². The van der Waals surface area contributed by atoms with Gasteiger partial charge in [-0.2, -0.15) is 0 Å². The number of aromatic nitrogens is 2. The Hall–Kier alpha value is -4.17. The normalized spacial score (nSPS) is 14.0. The number of aryl methyl sites for hydroxylation is 1. The van der Waals surface area contributed by atoms with E-state index >= 15 is 0 Å². The monoisotopic (exact) mass is 758 g/mol. The molecule has 0 N–H and O–H groups in total. The molecular weight excluding hydrogens is 713 g/mol. The number of rotatable bonds is 6. The van der Waals surface area contributed by atoms with E-state index in [-0.39, 0.29) is 31.2 Å². The largest absolute Gasteiger partial charge is 0.305 e. The molecule has 0 bridgehead atoms. The second-order valence-electron chi connectivity index (χ2n) is 11.0. The van der Waals surface area contributed by atoms with Crippen LogP contribution in [0.5, 0.6) is 0 Å². The Labute approximate surface area is 286 Å². The minimum absolute atomic E-state index is 0. The van der Waals surface area contributed by atoms with Crippen molar-refractivity contribution in [2.75, 3.05) is 0 Å².